The molecular weight excluding hydrogens is 436 g/mol. The van der Waals surface area contributed by atoms with Crippen molar-refractivity contribution in [2.24, 2.45) is 11.8 Å². The Morgan fingerprint density at radius 3 is 2.56 bits per heavy atom. The molecule has 0 bridgehead atoms. The van der Waals surface area contributed by atoms with E-state index in [9.17, 15) is 19.5 Å². The average molecular weight is 473 g/mol. The third kappa shape index (κ3) is 9.91. The number of ether oxygens (including phenoxy) is 3. The molecule has 34 heavy (non-hydrogen) atoms. The standard InChI is InChI=1S/C27H36O7/c1-19(2)33-27(31)14-10-5-4-9-13-24-23(25(30)17-26(24)34-20(3)28)16-15-21(29)18-32-22-11-7-6-8-12-22/h4,6-9,11-12,15-16,19,23-26,30H,5,10,13-14,17-18H2,1-3H3/b9-4-,16-15+/t23-,24-,25-,26+/m1/s1. The van der Waals surface area contributed by atoms with E-state index in [1.807, 2.05) is 44.2 Å². The van der Waals surface area contributed by atoms with Crippen molar-refractivity contribution in [3.8, 4) is 5.75 Å². The van der Waals surface area contributed by atoms with Crippen LogP contribution in [0.4, 0.5) is 0 Å². The highest BCUT2D eigenvalue weighted by atomic mass is 16.5. The molecule has 0 spiro atoms. The van der Waals surface area contributed by atoms with E-state index in [4.69, 9.17) is 14.2 Å². The summed E-state index contributed by atoms with van der Waals surface area (Å²) < 4.78 is 16.0. The Balaban J connectivity index is 1.90. The lowest BCUT2D eigenvalue weighted by Gasteiger charge is -2.22. The molecule has 0 heterocycles. The monoisotopic (exact) mass is 472 g/mol. The van der Waals surface area contributed by atoms with Crippen LogP contribution >= 0.6 is 0 Å². The fourth-order valence-corrected chi connectivity index (χ4v) is 4.03. The molecule has 2 rings (SSSR count). The largest absolute Gasteiger partial charge is 0.485 e. The van der Waals surface area contributed by atoms with E-state index >= 15 is 0 Å². The number of carbonyl (C=O) groups excluding carboxylic acids is 3. The summed E-state index contributed by atoms with van der Waals surface area (Å²) in [4.78, 5) is 35.4. The number of benzene rings is 1. The number of hydrogen-bond acceptors (Lipinski definition) is 7. The van der Waals surface area contributed by atoms with Gasteiger partial charge in [0.05, 0.1) is 12.2 Å². The first-order chi connectivity index (χ1) is 16.3. The maximum atomic E-state index is 12.3. The number of ketones is 1. The fourth-order valence-electron chi connectivity index (χ4n) is 4.03. The van der Waals surface area contributed by atoms with Crippen LogP contribution in [-0.2, 0) is 23.9 Å². The van der Waals surface area contributed by atoms with Crippen molar-refractivity contribution in [2.45, 2.75) is 71.2 Å². The predicted octanol–water partition coefficient (Wildman–Crippen LogP) is 4.19. The van der Waals surface area contributed by atoms with E-state index in [2.05, 4.69) is 0 Å². The average Bonchev–Trinajstić information content (AvgIpc) is 3.06. The summed E-state index contributed by atoms with van der Waals surface area (Å²) in [7, 11) is 0. The molecule has 4 atom stereocenters. The van der Waals surface area contributed by atoms with Crippen LogP contribution in [0, 0.1) is 11.8 Å². The summed E-state index contributed by atoms with van der Waals surface area (Å²) >= 11 is 0. The molecular formula is C27H36O7. The maximum absolute atomic E-state index is 12.3. The van der Waals surface area contributed by atoms with Crippen molar-refractivity contribution < 1.29 is 33.7 Å². The van der Waals surface area contributed by atoms with Crippen molar-refractivity contribution in [1.82, 2.24) is 0 Å². The van der Waals surface area contributed by atoms with Crippen LogP contribution in [-0.4, -0.2) is 47.7 Å². The lowest BCUT2D eigenvalue weighted by Crippen LogP contribution is -2.24. The van der Waals surface area contributed by atoms with E-state index in [-0.39, 0.29) is 36.3 Å². The van der Waals surface area contributed by atoms with Crippen molar-refractivity contribution in [3.63, 3.8) is 0 Å². The van der Waals surface area contributed by atoms with Gasteiger partial charge < -0.3 is 19.3 Å². The summed E-state index contributed by atoms with van der Waals surface area (Å²) in [5.41, 5.74) is 0. The number of unbranched alkanes of at least 4 members (excludes halogenated alkanes) is 1. The second-order valence-electron chi connectivity index (χ2n) is 8.76. The molecule has 1 saturated carbocycles. The van der Waals surface area contributed by atoms with Crippen LogP contribution < -0.4 is 4.74 Å². The minimum Gasteiger partial charge on any atom is -0.485 e. The zero-order chi connectivity index (χ0) is 24.9. The van der Waals surface area contributed by atoms with E-state index < -0.39 is 18.2 Å². The van der Waals surface area contributed by atoms with Gasteiger partial charge in [-0.05, 0) is 51.3 Å². The molecule has 7 heteroatoms. The molecule has 1 aromatic rings. The van der Waals surface area contributed by atoms with Crippen LogP contribution in [0.25, 0.3) is 0 Å². The van der Waals surface area contributed by atoms with E-state index in [0.717, 1.165) is 6.42 Å². The number of aliphatic hydroxyl groups is 1. The third-order valence-electron chi connectivity index (χ3n) is 5.53. The normalized spacial score (nSPS) is 22.4. The van der Waals surface area contributed by atoms with Crippen LogP contribution in [0.5, 0.6) is 5.75 Å². The molecule has 0 aliphatic heterocycles. The highest BCUT2D eigenvalue weighted by Gasteiger charge is 2.42. The Kier molecular flexibility index (Phi) is 11.5. The van der Waals surface area contributed by atoms with Crippen LogP contribution in [0.15, 0.2) is 54.6 Å². The van der Waals surface area contributed by atoms with Gasteiger partial charge in [0.2, 0.25) is 0 Å². The number of para-hydroxylation sites is 1. The van der Waals surface area contributed by atoms with Gasteiger partial charge in [0.15, 0.2) is 12.4 Å². The SMILES string of the molecule is CC(=O)O[C@H]1C[C@@H](O)[C@H](/C=C/C(=O)COc2ccccc2)[C@H]1C/C=C\CCCC(=O)OC(C)C. The maximum Gasteiger partial charge on any atom is 0.306 e. The molecule has 1 aromatic carbocycles. The van der Waals surface area contributed by atoms with E-state index in [0.29, 0.717) is 31.4 Å². The molecule has 1 fully saturated rings. The molecule has 0 saturated heterocycles. The molecule has 0 unspecified atom stereocenters. The van der Waals surface area contributed by atoms with E-state index in [1.165, 1.54) is 13.0 Å². The minimum atomic E-state index is -0.715. The summed E-state index contributed by atoms with van der Waals surface area (Å²) in [5.74, 6) is -0.680. The molecule has 0 radical (unpaired) electrons. The van der Waals surface area contributed by atoms with Crippen molar-refractivity contribution >= 4 is 17.7 Å². The van der Waals surface area contributed by atoms with Crippen LogP contribution in [0.2, 0.25) is 0 Å². The highest BCUT2D eigenvalue weighted by Crippen LogP contribution is 2.38. The van der Waals surface area contributed by atoms with Crippen molar-refractivity contribution in [2.75, 3.05) is 6.61 Å². The molecule has 0 amide bonds. The Bertz CT molecular complexity index is 844. The zero-order valence-corrected chi connectivity index (χ0v) is 20.2. The van der Waals surface area contributed by atoms with Gasteiger partial charge in [0.1, 0.15) is 11.9 Å². The van der Waals surface area contributed by atoms with Gasteiger partial charge in [-0.1, -0.05) is 36.4 Å². The van der Waals surface area contributed by atoms with E-state index in [1.54, 1.807) is 18.2 Å². The molecule has 1 aliphatic carbocycles. The third-order valence-corrected chi connectivity index (χ3v) is 5.53. The number of esters is 2. The summed E-state index contributed by atoms with van der Waals surface area (Å²) in [5, 5.41) is 10.6. The van der Waals surface area contributed by atoms with Crippen LogP contribution in [0.1, 0.15) is 52.9 Å². The first-order valence-corrected chi connectivity index (χ1v) is 11.8. The zero-order valence-electron chi connectivity index (χ0n) is 20.2. The van der Waals surface area contributed by atoms with Gasteiger partial charge in [-0.25, -0.2) is 0 Å². The lowest BCUT2D eigenvalue weighted by molar-refractivity contribution is -0.149. The Hall–Kier alpha value is -2.93. The molecule has 7 nitrogen and oxygen atoms in total. The van der Waals surface area contributed by atoms with Gasteiger partial charge in [-0.2, -0.15) is 0 Å². The Morgan fingerprint density at radius 1 is 1.15 bits per heavy atom. The smallest absolute Gasteiger partial charge is 0.306 e. The quantitative estimate of drug-likeness (QED) is 0.199. The van der Waals surface area contributed by atoms with Crippen molar-refractivity contribution in [3.05, 3.63) is 54.6 Å². The fraction of sp³-hybridized carbons (Fsp3) is 0.519. The molecule has 1 N–H and O–H groups in total. The predicted molar refractivity (Wildman–Crippen MR) is 128 cm³/mol. The summed E-state index contributed by atoms with van der Waals surface area (Å²) in [6.07, 6.45) is 8.50. The van der Waals surface area contributed by atoms with Gasteiger partial charge in [-0.15, -0.1) is 0 Å². The summed E-state index contributed by atoms with van der Waals surface area (Å²) in [6, 6.07) is 9.07. The number of allylic oxidation sites excluding steroid dienone is 2. The van der Waals surface area contributed by atoms with Gasteiger partial charge >= 0.3 is 11.9 Å². The Morgan fingerprint density at radius 2 is 1.88 bits per heavy atom. The molecule has 186 valence electrons. The van der Waals surface area contributed by atoms with Gasteiger partial charge in [0, 0.05) is 31.6 Å². The first kappa shape index (κ1) is 27.3. The van der Waals surface area contributed by atoms with Crippen molar-refractivity contribution in [1.29, 1.82) is 0 Å². The Labute approximate surface area is 201 Å². The number of carbonyl (C=O) groups is 3. The number of hydrogen-bond donors (Lipinski definition) is 1. The molecule has 1 aliphatic rings. The first-order valence-electron chi connectivity index (χ1n) is 11.8. The van der Waals surface area contributed by atoms with Gasteiger partial charge in [0.25, 0.3) is 0 Å². The van der Waals surface area contributed by atoms with Gasteiger partial charge in [-0.3, -0.25) is 14.4 Å². The van der Waals surface area contributed by atoms with Crippen LogP contribution in [0.3, 0.4) is 0 Å². The summed E-state index contributed by atoms with van der Waals surface area (Å²) in [6.45, 7) is 4.90. The topological polar surface area (TPSA) is 99.1 Å². The number of rotatable bonds is 13. The second kappa shape index (κ2) is 14.4. The minimum absolute atomic E-state index is 0.0967. The highest BCUT2D eigenvalue weighted by molar-refractivity contribution is 5.91. The lowest BCUT2D eigenvalue weighted by atomic mass is 9.89. The molecule has 0 aromatic heterocycles. The number of aliphatic hydroxyl groups excluding tert-OH is 1. The second-order valence-corrected chi connectivity index (χ2v) is 8.76.